The molecule has 1 unspecified atom stereocenters. The van der Waals surface area contributed by atoms with Crippen LogP contribution in [0.5, 0.6) is 11.5 Å². The Morgan fingerprint density at radius 3 is 2.54 bits per heavy atom. The first-order valence-corrected chi connectivity index (χ1v) is 14.0. The van der Waals surface area contributed by atoms with Crippen LogP contribution < -0.4 is 13.8 Å². The van der Waals surface area contributed by atoms with Crippen LogP contribution in [-0.2, 0) is 23.0 Å². The van der Waals surface area contributed by atoms with Crippen molar-refractivity contribution in [2.75, 3.05) is 37.3 Å². The Kier molecular flexibility index (Phi) is 6.04. The van der Waals surface area contributed by atoms with Gasteiger partial charge in [-0.05, 0) is 60.9 Å². The van der Waals surface area contributed by atoms with Crippen LogP contribution >= 0.6 is 0 Å². The van der Waals surface area contributed by atoms with E-state index in [0.717, 1.165) is 42.3 Å². The molecule has 0 aromatic heterocycles. The van der Waals surface area contributed by atoms with Crippen molar-refractivity contribution in [3.63, 3.8) is 0 Å². The number of fused-ring (bicyclic) bond motifs is 2. The SMILES string of the molecule is CC1Cc2ccccc2N1S(=O)(=O)c1cccc(C(=O)N2CCN(Cc3ccc4c(c3)OCO4)CC2)c1. The van der Waals surface area contributed by atoms with Gasteiger partial charge in [0.25, 0.3) is 15.9 Å². The van der Waals surface area contributed by atoms with Gasteiger partial charge < -0.3 is 14.4 Å². The van der Waals surface area contributed by atoms with Crippen LogP contribution in [-0.4, -0.2) is 63.1 Å². The maximum atomic E-state index is 13.6. The number of para-hydroxylation sites is 1. The lowest BCUT2D eigenvalue weighted by molar-refractivity contribution is 0.0628. The van der Waals surface area contributed by atoms with Crippen LogP contribution in [0.1, 0.15) is 28.4 Å². The van der Waals surface area contributed by atoms with Gasteiger partial charge in [0.15, 0.2) is 11.5 Å². The van der Waals surface area contributed by atoms with Crippen LogP contribution in [0.3, 0.4) is 0 Å². The van der Waals surface area contributed by atoms with E-state index in [4.69, 9.17) is 9.47 Å². The fourth-order valence-electron chi connectivity index (χ4n) is 5.40. The minimum Gasteiger partial charge on any atom is -0.454 e. The lowest BCUT2D eigenvalue weighted by atomic mass is 10.1. The van der Waals surface area contributed by atoms with Crippen molar-refractivity contribution in [1.29, 1.82) is 0 Å². The van der Waals surface area contributed by atoms with Gasteiger partial charge in [0.1, 0.15) is 0 Å². The summed E-state index contributed by atoms with van der Waals surface area (Å²) in [5, 5.41) is 0. The standard InChI is InChI=1S/C28H29N3O5S/c1-20-15-22-5-2-3-8-25(22)31(20)37(33,34)24-7-4-6-23(17-24)28(32)30-13-11-29(12-14-30)18-21-9-10-26-27(16-21)36-19-35-26/h2-10,16-17,20H,11-15,18-19H2,1H3. The van der Waals surface area contributed by atoms with Crippen LogP contribution in [0.15, 0.2) is 71.6 Å². The summed E-state index contributed by atoms with van der Waals surface area (Å²) in [5.41, 5.74) is 3.26. The summed E-state index contributed by atoms with van der Waals surface area (Å²) in [6.45, 7) is 5.57. The number of hydrogen-bond donors (Lipinski definition) is 0. The van der Waals surface area contributed by atoms with E-state index in [-0.39, 0.29) is 23.6 Å². The van der Waals surface area contributed by atoms with Gasteiger partial charge in [0.05, 0.1) is 10.6 Å². The van der Waals surface area contributed by atoms with Gasteiger partial charge in [0.2, 0.25) is 6.79 Å². The van der Waals surface area contributed by atoms with Gasteiger partial charge in [-0.25, -0.2) is 8.42 Å². The second-order valence-electron chi connectivity index (χ2n) is 9.77. The molecule has 1 amide bonds. The van der Waals surface area contributed by atoms with E-state index >= 15 is 0 Å². The molecule has 0 aliphatic carbocycles. The van der Waals surface area contributed by atoms with Gasteiger partial charge in [-0.3, -0.25) is 14.0 Å². The predicted octanol–water partition coefficient (Wildman–Crippen LogP) is 3.51. The molecule has 0 N–H and O–H groups in total. The summed E-state index contributed by atoms with van der Waals surface area (Å²) in [5.74, 6) is 1.40. The predicted molar refractivity (Wildman–Crippen MR) is 139 cm³/mol. The van der Waals surface area contributed by atoms with Gasteiger partial charge in [0, 0.05) is 44.3 Å². The first-order valence-electron chi connectivity index (χ1n) is 12.5. The third-order valence-electron chi connectivity index (χ3n) is 7.29. The quantitative estimate of drug-likeness (QED) is 0.513. The van der Waals surface area contributed by atoms with Crippen LogP contribution in [0.2, 0.25) is 0 Å². The molecule has 1 atom stereocenters. The van der Waals surface area contributed by atoms with Gasteiger partial charge >= 0.3 is 0 Å². The Morgan fingerprint density at radius 2 is 1.70 bits per heavy atom. The lowest BCUT2D eigenvalue weighted by Crippen LogP contribution is -2.48. The van der Waals surface area contributed by atoms with Crippen LogP contribution in [0.4, 0.5) is 5.69 Å². The summed E-state index contributed by atoms with van der Waals surface area (Å²) >= 11 is 0. The summed E-state index contributed by atoms with van der Waals surface area (Å²) in [6.07, 6.45) is 0.671. The molecule has 6 rings (SSSR count). The van der Waals surface area contributed by atoms with Crippen molar-refractivity contribution in [2.24, 2.45) is 0 Å². The molecule has 192 valence electrons. The van der Waals surface area contributed by atoms with Crippen molar-refractivity contribution >= 4 is 21.6 Å². The fourth-order valence-corrected chi connectivity index (χ4v) is 7.13. The number of anilines is 1. The molecule has 8 nitrogen and oxygen atoms in total. The Balaban J connectivity index is 1.13. The van der Waals surface area contributed by atoms with E-state index in [1.807, 2.05) is 49.4 Å². The Labute approximate surface area is 217 Å². The third kappa shape index (κ3) is 4.42. The number of carbonyl (C=O) groups is 1. The van der Waals surface area contributed by atoms with Crippen molar-refractivity contribution in [3.05, 3.63) is 83.4 Å². The molecule has 3 aliphatic rings. The number of rotatable bonds is 5. The summed E-state index contributed by atoms with van der Waals surface area (Å²) in [7, 11) is -3.80. The van der Waals surface area contributed by atoms with E-state index in [2.05, 4.69) is 4.90 Å². The molecule has 0 bridgehead atoms. The molecule has 0 saturated carbocycles. The van der Waals surface area contributed by atoms with E-state index in [9.17, 15) is 13.2 Å². The molecule has 1 fully saturated rings. The van der Waals surface area contributed by atoms with E-state index in [1.54, 1.807) is 23.1 Å². The fraction of sp³-hybridized carbons (Fsp3) is 0.321. The second-order valence-corrected chi connectivity index (χ2v) is 11.6. The second kappa shape index (κ2) is 9.39. The summed E-state index contributed by atoms with van der Waals surface area (Å²) < 4.78 is 39.6. The number of nitrogens with zero attached hydrogens (tertiary/aromatic N) is 3. The summed E-state index contributed by atoms with van der Waals surface area (Å²) in [4.78, 5) is 17.6. The molecule has 1 saturated heterocycles. The molecule has 9 heteroatoms. The Hall–Kier alpha value is -3.56. The molecule has 3 aromatic rings. The normalized spacial score (nSPS) is 19.2. The highest BCUT2D eigenvalue weighted by Crippen LogP contribution is 2.37. The van der Waals surface area contributed by atoms with Crippen molar-refractivity contribution in [2.45, 2.75) is 30.8 Å². The minimum atomic E-state index is -3.80. The highest BCUT2D eigenvalue weighted by Gasteiger charge is 2.36. The number of carbonyl (C=O) groups excluding carboxylic acids is 1. The largest absolute Gasteiger partial charge is 0.454 e. The van der Waals surface area contributed by atoms with Crippen molar-refractivity contribution in [3.8, 4) is 11.5 Å². The zero-order valence-electron chi connectivity index (χ0n) is 20.7. The van der Waals surface area contributed by atoms with E-state index < -0.39 is 10.0 Å². The van der Waals surface area contributed by atoms with E-state index in [1.165, 1.54) is 10.4 Å². The topological polar surface area (TPSA) is 79.4 Å². The number of amides is 1. The molecular weight excluding hydrogens is 490 g/mol. The number of sulfonamides is 1. The Bertz CT molecular complexity index is 1450. The summed E-state index contributed by atoms with van der Waals surface area (Å²) in [6, 6.07) is 19.8. The smallest absolute Gasteiger partial charge is 0.264 e. The monoisotopic (exact) mass is 519 g/mol. The number of benzene rings is 3. The van der Waals surface area contributed by atoms with E-state index in [0.29, 0.717) is 30.8 Å². The number of hydrogen-bond acceptors (Lipinski definition) is 6. The Morgan fingerprint density at radius 1 is 0.919 bits per heavy atom. The van der Waals surface area contributed by atoms with Crippen LogP contribution in [0, 0.1) is 0 Å². The number of ether oxygens (including phenoxy) is 2. The molecule has 0 radical (unpaired) electrons. The van der Waals surface area contributed by atoms with Gasteiger partial charge in [-0.15, -0.1) is 0 Å². The van der Waals surface area contributed by atoms with Crippen LogP contribution in [0.25, 0.3) is 0 Å². The first-order chi connectivity index (χ1) is 17.9. The lowest BCUT2D eigenvalue weighted by Gasteiger charge is -2.35. The highest BCUT2D eigenvalue weighted by molar-refractivity contribution is 7.92. The molecule has 0 spiro atoms. The highest BCUT2D eigenvalue weighted by atomic mass is 32.2. The maximum Gasteiger partial charge on any atom is 0.264 e. The van der Waals surface area contributed by atoms with Crippen molar-refractivity contribution < 1.29 is 22.7 Å². The average Bonchev–Trinajstić information content (AvgIpc) is 3.52. The zero-order chi connectivity index (χ0) is 25.6. The molecular formula is C28H29N3O5S. The van der Waals surface area contributed by atoms with Crippen molar-refractivity contribution in [1.82, 2.24) is 9.80 Å². The van der Waals surface area contributed by atoms with Gasteiger partial charge in [-0.1, -0.05) is 30.3 Å². The first kappa shape index (κ1) is 23.8. The number of piperazine rings is 1. The molecule has 3 aliphatic heterocycles. The zero-order valence-corrected chi connectivity index (χ0v) is 21.5. The molecule has 3 aromatic carbocycles. The maximum absolute atomic E-state index is 13.6. The third-order valence-corrected chi connectivity index (χ3v) is 9.21. The van der Waals surface area contributed by atoms with Gasteiger partial charge in [-0.2, -0.15) is 0 Å². The minimum absolute atomic E-state index is 0.142. The average molecular weight is 520 g/mol. The molecule has 37 heavy (non-hydrogen) atoms. The molecule has 3 heterocycles.